The lowest BCUT2D eigenvalue weighted by Gasteiger charge is -2.12. The van der Waals surface area contributed by atoms with Crippen LogP contribution in [-0.4, -0.2) is 52.2 Å². The molecule has 0 saturated carbocycles. The van der Waals surface area contributed by atoms with Crippen LogP contribution in [0.1, 0.15) is 10.4 Å². The molecule has 5 nitrogen and oxygen atoms in total. The number of benzene rings is 1. The van der Waals surface area contributed by atoms with Crippen molar-refractivity contribution in [3.05, 3.63) is 23.8 Å². The van der Waals surface area contributed by atoms with E-state index in [0.717, 1.165) is 6.54 Å². The first-order chi connectivity index (χ1) is 8.58. The normalized spacial score (nSPS) is 10.3. The summed E-state index contributed by atoms with van der Waals surface area (Å²) in [5, 5.41) is 2.84. The molecule has 1 aromatic carbocycles. The number of carbonyl (C=O) groups is 1. The molecule has 0 fully saturated rings. The van der Waals surface area contributed by atoms with E-state index in [4.69, 9.17) is 9.47 Å². The second-order valence-corrected chi connectivity index (χ2v) is 4.13. The van der Waals surface area contributed by atoms with E-state index in [1.54, 1.807) is 32.4 Å². The van der Waals surface area contributed by atoms with Gasteiger partial charge >= 0.3 is 0 Å². The van der Waals surface area contributed by atoms with Crippen LogP contribution in [0.3, 0.4) is 0 Å². The fraction of sp³-hybridized carbons (Fsp3) is 0.462. The quantitative estimate of drug-likeness (QED) is 0.820. The summed E-state index contributed by atoms with van der Waals surface area (Å²) in [6, 6.07) is 5.11. The van der Waals surface area contributed by atoms with Crippen molar-refractivity contribution in [1.82, 2.24) is 10.2 Å². The summed E-state index contributed by atoms with van der Waals surface area (Å²) < 4.78 is 10.3. The van der Waals surface area contributed by atoms with E-state index >= 15 is 0 Å². The molecular weight excluding hydrogens is 232 g/mol. The van der Waals surface area contributed by atoms with Gasteiger partial charge in [0.05, 0.1) is 14.2 Å². The monoisotopic (exact) mass is 252 g/mol. The number of carbonyl (C=O) groups excluding carboxylic acids is 1. The van der Waals surface area contributed by atoms with Crippen molar-refractivity contribution in [3.63, 3.8) is 0 Å². The molecular formula is C13H20N2O3. The molecule has 1 N–H and O–H groups in total. The van der Waals surface area contributed by atoms with Crippen molar-refractivity contribution in [1.29, 1.82) is 0 Å². The molecule has 1 aromatic rings. The number of hydrogen-bond donors (Lipinski definition) is 1. The van der Waals surface area contributed by atoms with Crippen molar-refractivity contribution < 1.29 is 14.3 Å². The summed E-state index contributed by atoms with van der Waals surface area (Å²) >= 11 is 0. The van der Waals surface area contributed by atoms with Gasteiger partial charge in [-0.05, 0) is 32.3 Å². The van der Waals surface area contributed by atoms with E-state index in [1.165, 1.54) is 0 Å². The summed E-state index contributed by atoms with van der Waals surface area (Å²) in [6.45, 7) is 1.42. The maximum Gasteiger partial charge on any atom is 0.251 e. The van der Waals surface area contributed by atoms with Gasteiger partial charge in [-0.3, -0.25) is 4.79 Å². The van der Waals surface area contributed by atoms with Crippen LogP contribution < -0.4 is 14.8 Å². The van der Waals surface area contributed by atoms with Gasteiger partial charge in [-0.15, -0.1) is 0 Å². The first-order valence-corrected chi connectivity index (χ1v) is 5.73. The third-order valence-corrected chi connectivity index (χ3v) is 2.49. The standard InChI is InChI=1S/C13H20N2O3/c1-15(2)8-7-14-13(16)10-5-6-11(17-3)12(9-10)18-4/h5-6,9H,7-8H2,1-4H3,(H,14,16). The Morgan fingerprint density at radius 3 is 2.44 bits per heavy atom. The molecule has 0 aliphatic rings. The number of ether oxygens (including phenoxy) is 2. The first-order valence-electron chi connectivity index (χ1n) is 5.73. The lowest BCUT2D eigenvalue weighted by atomic mass is 10.2. The summed E-state index contributed by atoms with van der Waals surface area (Å²) in [7, 11) is 7.03. The molecule has 5 heteroatoms. The number of methoxy groups -OCH3 is 2. The number of likely N-dealkylation sites (N-methyl/N-ethyl adjacent to an activating group) is 1. The average molecular weight is 252 g/mol. The van der Waals surface area contributed by atoms with Gasteiger partial charge in [-0.2, -0.15) is 0 Å². The SMILES string of the molecule is COc1ccc(C(=O)NCCN(C)C)cc1OC. The van der Waals surface area contributed by atoms with E-state index in [1.807, 2.05) is 19.0 Å². The molecule has 0 unspecified atom stereocenters. The summed E-state index contributed by atoms with van der Waals surface area (Å²) in [5.41, 5.74) is 0.561. The van der Waals surface area contributed by atoms with Crippen LogP contribution in [0.25, 0.3) is 0 Å². The predicted molar refractivity (Wildman–Crippen MR) is 70.4 cm³/mol. The van der Waals surface area contributed by atoms with Crippen LogP contribution in [0, 0.1) is 0 Å². The Labute approximate surface area is 108 Å². The molecule has 1 amide bonds. The zero-order chi connectivity index (χ0) is 13.5. The molecule has 0 aromatic heterocycles. The zero-order valence-electron chi connectivity index (χ0n) is 11.3. The Morgan fingerprint density at radius 2 is 1.89 bits per heavy atom. The number of amides is 1. The number of hydrogen-bond acceptors (Lipinski definition) is 4. The minimum Gasteiger partial charge on any atom is -0.493 e. The second-order valence-electron chi connectivity index (χ2n) is 4.13. The maximum absolute atomic E-state index is 11.9. The molecule has 0 atom stereocenters. The molecule has 0 heterocycles. The molecule has 0 aliphatic heterocycles. The van der Waals surface area contributed by atoms with E-state index in [0.29, 0.717) is 23.6 Å². The van der Waals surface area contributed by atoms with Gasteiger partial charge in [0, 0.05) is 18.7 Å². The Hall–Kier alpha value is -1.75. The molecule has 0 spiro atoms. The van der Waals surface area contributed by atoms with Crippen LogP contribution in [0.4, 0.5) is 0 Å². The Bertz CT molecular complexity index is 405. The highest BCUT2D eigenvalue weighted by Gasteiger charge is 2.10. The summed E-state index contributed by atoms with van der Waals surface area (Å²) in [4.78, 5) is 13.9. The van der Waals surface area contributed by atoms with Gasteiger partial charge in [0.1, 0.15) is 0 Å². The van der Waals surface area contributed by atoms with Gasteiger partial charge in [-0.25, -0.2) is 0 Å². The molecule has 0 saturated heterocycles. The second kappa shape index (κ2) is 6.86. The highest BCUT2D eigenvalue weighted by molar-refractivity contribution is 5.94. The Morgan fingerprint density at radius 1 is 1.22 bits per heavy atom. The van der Waals surface area contributed by atoms with Gasteiger partial charge in [0.15, 0.2) is 11.5 Å². The minimum atomic E-state index is -0.113. The third kappa shape index (κ3) is 3.92. The van der Waals surface area contributed by atoms with E-state index < -0.39 is 0 Å². The van der Waals surface area contributed by atoms with Crippen LogP contribution in [0.5, 0.6) is 11.5 Å². The lowest BCUT2D eigenvalue weighted by Crippen LogP contribution is -2.31. The predicted octanol–water partition coefficient (Wildman–Crippen LogP) is 0.995. The topological polar surface area (TPSA) is 50.8 Å². The fourth-order valence-electron chi connectivity index (χ4n) is 1.47. The average Bonchev–Trinajstić information content (AvgIpc) is 2.37. The van der Waals surface area contributed by atoms with Crippen molar-refractivity contribution in [2.45, 2.75) is 0 Å². The summed E-state index contributed by atoms with van der Waals surface area (Å²) in [5.74, 6) is 1.05. The van der Waals surface area contributed by atoms with Crippen LogP contribution in [-0.2, 0) is 0 Å². The molecule has 18 heavy (non-hydrogen) atoms. The third-order valence-electron chi connectivity index (χ3n) is 2.49. The van der Waals surface area contributed by atoms with Gasteiger partial charge in [0.25, 0.3) is 5.91 Å². The largest absolute Gasteiger partial charge is 0.493 e. The van der Waals surface area contributed by atoms with Crippen LogP contribution >= 0.6 is 0 Å². The highest BCUT2D eigenvalue weighted by Crippen LogP contribution is 2.27. The van der Waals surface area contributed by atoms with Crippen molar-refractivity contribution in [2.75, 3.05) is 41.4 Å². The van der Waals surface area contributed by atoms with Crippen molar-refractivity contribution in [3.8, 4) is 11.5 Å². The Kier molecular flexibility index (Phi) is 5.45. The van der Waals surface area contributed by atoms with Crippen molar-refractivity contribution >= 4 is 5.91 Å². The number of nitrogens with zero attached hydrogens (tertiary/aromatic N) is 1. The van der Waals surface area contributed by atoms with Crippen LogP contribution in [0.15, 0.2) is 18.2 Å². The minimum absolute atomic E-state index is 0.113. The lowest BCUT2D eigenvalue weighted by molar-refractivity contribution is 0.0950. The molecule has 0 radical (unpaired) electrons. The van der Waals surface area contributed by atoms with Crippen molar-refractivity contribution in [2.24, 2.45) is 0 Å². The van der Waals surface area contributed by atoms with Gasteiger partial charge in [-0.1, -0.05) is 0 Å². The zero-order valence-corrected chi connectivity index (χ0v) is 11.3. The molecule has 100 valence electrons. The van der Waals surface area contributed by atoms with E-state index in [2.05, 4.69) is 5.32 Å². The Balaban J connectivity index is 2.68. The maximum atomic E-state index is 11.9. The van der Waals surface area contributed by atoms with Crippen LogP contribution in [0.2, 0.25) is 0 Å². The number of nitrogens with one attached hydrogen (secondary N) is 1. The van der Waals surface area contributed by atoms with Gasteiger partial charge in [0.2, 0.25) is 0 Å². The van der Waals surface area contributed by atoms with E-state index in [-0.39, 0.29) is 5.91 Å². The fourth-order valence-corrected chi connectivity index (χ4v) is 1.47. The van der Waals surface area contributed by atoms with E-state index in [9.17, 15) is 4.79 Å². The summed E-state index contributed by atoms with van der Waals surface area (Å²) in [6.07, 6.45) is 0. The number of rotatable bonds is 6. The highest BCUT2D eigenvalue weighted by atomic mass is 16.5. The first kappa shape index (κ1) is 14.3. The molecule has 0 aliphatic carbocycles. The van der Waals surface area contributed by atoms with Gasteiger partial charge < -0.3 is 19.7 Å². The molecule has 0 bridgehead atoms. The molecule has 1 rings (SSSR count). The smallest absolute Gasteiger partial charge is 0.251 e.